The van der Waals surface area contributed by atoms with Crippen molar-refractivity contribution in [3.8, 4) is 0 Å². The Morgan fingerprint density at radius 3 is 2.73 bits per heavy atom. The largest absolute Gasteiger partial charge is 0.453 e. The van der Waals surface area contributed by atoms with Gasteiger partial charge in [-0.3, -0.25) is 0 Å². The minimum Gasteiger partial charge on any atom is -0.453 e. The standard InChI is InChI=1S/C12H18BrNO/c1-8(7-10-3-4-10)14-9(2)11-5-6-12(13)15-11/h5-6,8-10,14H,3-4,7H2,1-2H3. The van der Waals surface area contributed by atoms with Crippen LogP contribution in [0.15, 0.2) is 21.2 Å². The Labute approximate surface area is 99.6 Å². The average molecular weight is 272 g/mol. The highest BCUT2D eigenvalue weighted by Gasteiger charge is 2.24. The Kier molecular flexibility index (Phi) is 3.52. The maximum Gasteiger partial charge on any atom is 0.169 e. The molecule has 2 rings (SSSR count). The summed E-state index contributed by atoms with van der Waals surface area (Å²) in [6.07, 6.45) is 4.14. The van der Waals surface area contributed by atoms with Crippen molar-refractivity contribution < 1.29 is 4.42 Å². The molecule has 2 nitrogen and oxygen atoms in total. The van der Waals surface area contributed by atoms with Gasteiger partial charge in [0.05, 0.1) is 6.04 Å². The first-order chi connectivity index (χ1) is 7.15. The van der Waals surface area contributed by atoms with Crippen molar-refractivity contribution in [1.29, 1.82) is 0 Å². The highest BCUT2D eigenvalue weighted by Crippen LogP contribution is 2.33. The van der Waals surface area contributed by atoms with E-state index in [1.807, 2.05) is 12.1 Å². The SMILES string of the molecule is CC(CC1CC1)NC(C)c1ccc(Br)o1. The van der Waals surface area contributed by atoms with Crippen molar-refractivity contribution in [3.63, 3.8) is 0 Å². The van der Waals surface area contributed by atoms with Crippen molar-refractivity contribution in [2.75, 3.05) is 0 Å². The third-order valence-electron chi connectivity index (χ3n) is 2.94. The summed E-state index contributed by atoms with van der Waals surface area (Å²) in [7, 11) is 0. The Balaban J connectivity index is 1.82. The maximum absolute atomic E-state index is 5.52. The molecule has 0 aromatic carbocycles. The van der Waals surface area contributed by atoms with Crippen molar-refractivity contribution in [2.24, 2.45) is 5.92 Å². The molecule has 0 amide bonds. The summed E-state index contributed by atoms with van der Waals surface area (Å²) in [5.41, 5.74) is 0. The molecule has 15 heavy (non-hydrogen) atoms. The van der Waals surface area contributed by atoms with Crippen LogP contribution in [0, 0.1) is 5.92 Å². The number of furan rings is 1. The number of nitrogens with one attached hydrogen (secondary N) is 1. The van der Waals surface area contributed by atoms with E-state index < -0.39 is 0 Å². The van der Waals surface area contributed by atoms with Gasteiger partial charge >= 0.3 is 0 Å². The van der Waals surface area contributed by atoms with E-state index in [2.05, 4.69) is 35.1 Å². The Hall–Kier alpha value is -0.280. The van der Waals surface area contributed by atoms with E-state index in [0.29, 0.717) is 12.1 Å². The topological polar surface area (TPSA) is 25.2 Å². The number of rotatable bonds is 5. The summed E-state index contributed by atoms with van der Waals surface area (Å²) < 4.78 is 6.33. The fourth-order valence-electron chi connectivity index (χ4n) is 1.99. The van der Waals surface area contributed by atoms with E-state index in [0.717, 1.165) is 16.3 Å². The first-order valence-electron chi connectivity index (χ1n) is 5.66. The maximum atomic E-state index is 5.52. The van der Waals surface area contributed by atoms with Crippen LogP contribution >= 0.6 is 15.9 Å². The molecule has 1 heterocycles. The smallest absolute Gasteiger partial charge is 0.169 e. The van der Waals surface area contributed by atoms with Crippen molar-refractivity contribution >= 4 is 15.9 Å². The van der Waals surface area contributed by atoms with Crippen LogP contribution in [0.4, 0.5) is 0 Å². The van der Waals surface area contributed by atoms with Gasteiger partial charge in [-0.05, 0) is 54.2 Å². The summed E-state index contributed by atoms with van der Waals surface area (Å²) in [6.45, 7) is 4.40. The predicted octanol–water partition coefficient (Wildman–Crippen LogP) is 3.88. The second-order valence-corrected chi connectivity index (χ2v) is 5.39. The van der Waals surface area contributed by atoms with Gasteiger partial charge in [-0.2, -0.15) is 0 Å². The van der Waals surface area contributed by atoms with Crippen LogP contribution in [0.25, 0.3) is 0 Å². The molecular formula is C12H18BrNO. The third kappa shape index (κ3) is 3.35. The van der Waals surface area contributed by atoms with E-state index in [4.69, 9.17) is 4.42 Å². The van der Waals surface area contributed by atoms with Crippen LogP contribution in [0.1, 0.15) is 44.9 Å². The number of hydrogen-bond acceptors (Lipinski definition) is 2. The van der Waals surface area contributed by atoms with Crippen LogP contribution in [-0.2, 0) is 0 Å². The van der Waals surface area contributed by atoms with Gasteiger partial charge in [0.1, 0.15) is 5.76 Å². The summed E-state index contributed by atoms with van der Waals surface area (Å²) in [5, 5.41) is 3.57. The molecule has 1 fully saturated rings. The zero-order valence-electron chi connectivity index (χ0n) is 9.29. The first kappa shape index (κ1) is 11.2. The minimum absolute atomic E-state index is 0.296. The molecular weight excluding hydrogens is 254 g/mol. The summed E-state index contributed by atoms with van der Waals surface area (Å²) in [6, 6.07) is 4.84. The molecule has 1 aromatic heterocycles. The van der Waals surface area contributed by atoms with Gasteiger partial charge in [0.15, 0.2) is 4.67 Å². The molecule has 1 N–H and O–H groups in total. The van der Waals surface area contributed by atoms with E-state index >= 15 is 0 Å². The molecule has 0 aliphatic heterocycles. The van der Waals surface area contributed by atoms with Gasteiger partial charge in [-0.25, -0.2) is 0 Å². The third-order valence-corrected chi connectivity index (χ3v) is 3.37. The molecule has 84 valence electrons. The normalized spacial score (nSPS) is 20.2. The first-order valence-corrected chi connectivity index (χ1v) is 6.45. The predicted molar refractivity (Wildman–Crippen MR) is 64.8 cm³/mol. The lowest BCUT2D eigenvalue weighted by atomic mass is 10.1. The molecule has 1 aliphatic carbocycles. The lowest BCUT2D eigenvalue weighted by Gasteiger charge is -2.18. The van der Waals surface area contributed by atoms with Crippen LogP contribution in [0.2, 0.25) is 0 Å². The lowest BCUT2D eigenvalue weighted by Crippen LogP contribution is -2.29. The molecule has 0 radical (unpaired) electrons. The van der Waals surface area contributed by atoms with Crippen LogP contribution < -0.4 is 5.32 Å². The number of hydrogen-bond donors (Lipinski definition) is 1. The summed E-state index contributed by atoms with van der Waals surface area (Å²) in [5.74, 6) is 1.98. The highest BCUT2D eigenvalue weighted by atomic mass is 79.9. The lowest BCUT2D eigenvalue weighted by molar-refractivity contribution is 0.374. The Morgan fingerprint density at radius 2 is 2.20 bits per heavy atom. The molecule has 1 aliphatic rings. The average Bonchev–Trinajstić information content (AvgIpc) is 2.85. The molecule has 0 spiro atoms. The minimum atomic E-state index is 0.296. The fourth-order valence-corrected chi connectivity index (χ4v) is 2.31. The van der Waals surface area contributed by atoms with Crippen LogP contribution in [0.5, 0.6) is 0 Å². The number of halogens is 1. The quantitative estimate of drug-likeness (QED) is 0.879. The van der Waals surface area contributed by atoms with Gasteiger partial charge in [0.25, 0.3) is 0 Å². The van der Waals surface area contributed by atoms with Gasteiger partial charge in [-0.1, -0.05) is 12.8 Å². The summed E-state index contributed by atoms with van der Waals surface area (Å²) in [4.78, 5) is 0. The zero-order valence-corrected chi connectivity index (χ0v) is 10.9. The van der Waals surface area contributed by atoms with Gasteiger partial charge in [0, 0.05) is 6.04 Å². The van der Waals surface area contributed by atoms with E-state index in [-0.39, 0.29) is 0 Å². The van der Waals surface area contributed by atoms with Crippen LogP contribution in [-0.4, -0.2) is 6.04 Å². The second kappa shape index (κ2) is 4.71. The molecule has 1 saturated carbocycles. The van der Waals surface area contributed by atoms with Crippen LogP contribution in [0.3, 0.4) is 0 Å². The second-order valence-electron chi connectivity index (χ2n) is 4.61. The van der Waals surface area contributed by atoms with E-state index in [1.165, 1.54) is 19.3 Å². The van der Waals surface area contributed by atoms with Gasteiger partial charge in [0.2, 0.25) is 0 Å². The van der Waals surface area contributed by atoms with Crippen molar-refractivity contribution in [1.82, 2.24) is 5.32 Å². The highest BCUT2D eigenvalue weighted by molar-refractivity contribution is 9.10. The molecule has 3 heteroatoms. The molecule has 2 atom stereocenters. The van der Waals surface area contributed by atoms with E-state index in [1.54, 1.807) is 0 Å². The molecule has 0 saturated heterocycles. The van der Waals surface area contributed by atoms with Gasteiger partial charge in [-0.15, -0.1) is 0 Å². The van der Waals surface area contributed by atoms with Gasteiger partial charge < -0.3 is 9.73 Å². The Bertz CT molecular complexity index is 319. The van der Waals surface area contributed by atoms with E-state index in [9.17, 15) is 0 Å². The van der Waals surface area contributed by atoms with Crippen molar-refractivity contribution in [3.05, 3.63) is 22.6 Å². The molecule has 0 bridgehead atoms. The fraction of sp³-hybridized carbons (Fsp3) is 0.667. The molecule has 1 aromatic rings. The Morgan fingerprint density at radius 1 is 1.47 bits per heavy atom. The molecule has 2 unspecified atom stereocenters. The monoisotopic (exact) mass is 271 g/mol. The zero-order chi connectivity index (χ0) is 10.8. The summed E-state index contributed by atoms with van der Waals surface area (Å²) >= 11 is 3.32. The van der Waals surface area contributed by atoms with Crippen molar-refractivity contribution in [2.45, 2.75) is 45.2 Å².